The summed E-state index contributed by atoms with van der Waals surface area (Å²) in [5.41, 5.74) is 4.53. The first-order valence-corrected chi connectivity index (χ1v) is 11.1. The first-order chi connectivity index (χ1) is 14.9. The maximum Gasteiger partial charge on any atom is 0.317 e. The molecule has 3 aromatic rings. The Morgan fingerprint density at radius 3 is 2.10 bits per heavy atom. The van der Waals surface area contributed by atoms with Crippen LogP contribution < -0.4 is 0 Å². The second kappa shape index (κ2) is 11.2. The fraction of sp³-hybridized carbons (Fsp3) is 0.269. The number of carboxylic acids is 1. The third-order valence-electron chi connectivity index (χ3n) is 5.31. The standard InChI is InChI=1S/C26H28BrNO3/c1-19-13-20(15-23(27)14-19)17-31-18-24(28(2)16-25(29)30)26(21-9-5-3-6-10-21)22-11-7-4-8-12-22/h3-15,24,26H,16-18H2,1-2H3,(H,29,30). The van der Waals surface area contributed by atoms with E-state index >= 15 is 0 Å². The molecule has 0 amide bonds. The summed E-state index contributed by atoms with van der Waals surface area (Å²) in [6.45, 7) is 2.87. The highest BCUT2D eigenvalue weighted by molar-refractivity contribution is 9.10. The zero-order chi connectivity index (χ0) is 22.2. The van der Waals surface area contributed by atoms with Crippen LogP contribution in [-0.4, -0.2) is 42.2 Å². The second-order valence-corrected chi connectivity index (χ2v) is 8.74. The molecule has 5 heteroatoms. The number of halogens is 1. The van der Waals surface area contributed by atoms with Crippen molar-refractivity contribution in [1.29, 1.82) is 0 Å². The maximum atomic E-state index is 11.5. The van der Waals surface area contributed by atoms with E-state index in [0.717, 1.165) is 21.2 Å². The molecule has 0 aliphatic heterocycles. The Morgan fingerprint density at radius 2 is 1.58 bits per heavy atom. The van der Waals surface area contributed by atoms with Gasteiger partial charge < -0.3 is 9.84 Å². The normalized spacial score (nSPS) is 12.3. The van der Waals surface area contributed by atoms with Crippen molar-refractivity contribution in [1.82, 2.24) is 4.90 Å². The van der Waals surface area contributed by atoms with Crippen molar-refractivity contribution in [3.63, 3.8) is 0 Å². The minimum Gasteiger partial charge on any atom is -0.480 e. The van der Waals surface area contributed by atoms with Crippen LogP contribution in [0, 0.1) is 6.92 Å². The average Bonchev–Trinajstić information content (AvgIpc) is 2.73. The van der Waals surface area contributed by atoms with Gasteiger partial charge in [0.2, 0.25) is 0 Å². The summed E-state index contributed by atoms with van der Waals surface area (Å²) in [5, 5.41) is 9.43. The fourth-order valence-corrected chi connectivity index (χ4v) is 4.61. The molecule has 1 unspecified atom stereocenters. The van der Waals surface area contributed by atoms with E-state index in [1.54, 1.807) is 0 Å². The molecule has 0 aliphatic rings. The summed E-state index contributed by atoms with van der Waals surface area (Å²) in [7, 11) is 1.85. The molecule has 3 aromatic carbocycles. The van der Waals surface area contributed by atoms with Crippen molar-refractivity contribution < 1.29 is 14.6 Å². The highest BCUT2D eigenvalue weighted by Gasteiger charge is 2.29. The number of hydrogen-bond donors (Lipinski definition) is 1. The van der Waals surface area contributed by atoms with Crippen LogP contribution in [0.3, 0.4) is 0 Å². The lowest BCUT2D eigenvalue weighted by Gasteiger charge is -2.34. The summed E-state index contributed by atoms with van der Waals surface area (Å²) in [5.74, 6) is -0.869. The predicted octanol–water partition coefficient (Wildman–Crippen LogP) is 5.49. The number of likely N-dealkylation sites (N-methyl/N-ethyl adjacent to an activating group) is 1. The monoisotopic (exact) mass is 481 g/mol. The molecule has 4 nitrogen and oxygen atoms in total. The minimum atomic E-state index is -0.852. The summed E-state index contributed by atoms with van der Waals surface area (Å²) in [6, 6.07) is 26.5. The van der Waals surface area contributed by atoms with Crippen molar-refractivity contribution in [2.75, 3.05) is 20.2 Å². The lowest BCUT2D eigenvalue weighted by molar-refractivity contribution is -0.138. The van der Waals surface area contributed by atoms with Crippen LogP contribution in [-0.2, 0) is 16.1 Å². The van der Waals surface area contributed by atoms with E-state index < -0.39 is 5.97 Å². The smallest absolute Gasteiger partial charge is 0.317 e. The van der Waals surface area contributed by atoms with E-state index in [4.69, 9.17) is 4.74 Å². The van der Waals surface area contributed by atoms with Crippen molar-refractivity contribution in [3.8, 4) is 0 Å². The van der Waals surface area contributed by atoms with Crippen LogP contribution in [0.5, 0.6) is 0 Å². The second-order valence-electron chi connectivity index (χ2n) is 7.83. The highest BCUT2D eigenvalue weighted by Crippen LogP contribution is 2.31. The van der Waals surface area contributed by atoms with E-state index in [1.807, 2.05) is 48.3 Å². The van der Waals surface area contributed by atoms with Crippen LogP contribution in [0.15, 0.2) is 83.3 Å². The number of rotatable bonds is 10. The molecule has 1 N–H and O–H groups in total. The molecule has 0 fully saturated rings. The fourth-order valence-electron chi connectivity index (χ4n) is 3.96. The Balaban J connectivity index is 1.88. The predicted molar refractivity (Wildman–Crippen MR) is 127 cm³/mol. The van der Waals surface area contributed by atoms with Crippen molar-refractivity contribution >= 4 is 21.9 Å². The number of carbonyl (C=O) groups is 1. The molecule has 0 heterocycles. The highest BCUT2D eigenvalue weighted by atomic mass is 79.9. The first kappa shape index (κ1) is 23.2. The summed E-state index contributed by atoms with van der Waals surface area (Å²) in [4.78, 5) is 13.4. The van der Waals surface area contributed by atoms with Gasteiger partial charge in [0.05, 0.1) is 19.8 Å². The zero-order valence-electron chi connectivity index (χ0n) is 17.9. The molecular formula is C26H28BrNO3. The summed E-state index contributed by atoms with van der Waals surface area (Å²) < 4.78 is 7.19. The van der Waals surface area contributed by atoms with Gasteiger partial charge in [-0.05, 0) is 48.4 Å². The Bertz CT molecular complexity index is 919. The van der Waals surface area contributed by atoms with Crippen LogP contribution >= 0.6 is 15.9 Å². The molecule has 1 atom stereocenters. The number of nitrogens with zero attached hydrogens (tertiary/aromatic N) is 1. The Kier molecular flexibility index (Phi) is 8.41. The van der Waals surface area contributed by atoms with E-state index in [-0.39, 0.29) is 18.5 Å². The molecule has 0 radical (unpaired) electrons. The topological polar surface area (TPSA) is 49.8 Å². The molecule has 0 saturated carbocycles. The van der Waals surface area contributed by atoms with E-state index in [0.29, 0.717) is 13.2 Å². The molecule has 162 valence electrons. The van der Waals surface area contributed by atoms with Crippen molar-refractivity contribution in [2.45, 2.75) is 25.5 Å². The number of aliphatic carboxylic acids is 1. The number of hydrogen-bond acceptors (Lipinski definition) is 3. The van der Waals surface area contributed by atoms with Crippen molar-refractivity contribution in [3.05, 3.63) is 106 Å². The van der Waals surface area contributed by atoms with Crippen LogP contribution in [0.1, 0.15) is 28.2 Å². The minimum absolute atomic E-state index is 0.0176. The Morgan fingerprint density at radius 1 is 1.00 bits per heavy atom. The number of ether oxygens (including phenoxy) is 1. The largest absolute Gasteiger partial charge is 0.480 e. The Hall–Kier alpha value is -2.47. The number of benzene rings is 3. The van der Waals surface area contributed by atoms with Crippen LogP contribution in [0.2, 0.25) is 0 Å². The van der Waals surface area contributed by atoms with Crippen molar-refractivity contribution in [2.24, 2.45) is 0 Å². The molecule has 0 aromatic heterocycles. The molecule has 0 spiro atoms. The molecular weight excluding hydrogens is 454 g/mol. The molecule has 3 rings (SSSR count). The van der Waals surface area contributed by atoms with Gasteiger partial charge in [-0.15, -0.1) is 0 Å². The van der Waals surface area contributed by atoms with Gasteiger partial charge in [-0.3, -0.25) is 9.69 Å². The number of aryl methyl sites for hydroxylation is 1. The quantitative estimate of drug-likeness (QED) is 0.415. The van der Waals surface area contributed by atoms with Gasteiger partial charge >= 0.3 is 5.97 Å². The van der Waals surface area contributed by atoms with E-state index in [9.17, 15) is 9.90 Å². The SMILES string of the molecule is Cc1cc(Br)cc(COCC(C(c2ccccc2)c2ccccc2)N(C)CC(=O)O)c1. The average molecular weight is 482 g/mol. The number of carboxylic acid groups (broad SMARTS) is 1. The van der Waals surface area contributed by atoms with E-state index in [2.05, 4.69) is 65.3 Å². The Labute approximate surface area is 192 Å². The van der Waals surface area contributed by atoms with Crippen LogP contribution in [0.4, 0.5) is 0 Å². The van der Waals surface area contributed by atoms with Gasteiger partial charge in [0.1, 0.15) is 0 Å². The third-order valence-corrected chi connectivity index (χ3v) is 5.77. The molecule has 0 bridgehead atoms. The lowest BCUT2D eigenvalue weighted by Crippen LogP contribution is -2.43. The van der Waals surface area contributed by atoms with Crippen LogP contribution in [0.25, 0.3) is 0 Å². The van der Waals surface area contributed by atoms with Gasteiger partial charge in [-0.1, -0.05) is 82.7 Å². The van der Waals surface area contributed by atoms with E-state index in [1.165, 1.54) is 5.56 Å². The van der Waals surface area contributed by atoms with Gasteiger partial charge in [-0.25, -0.2) is 0 Å². The molecule has 0 aliphatic carbocycles. The third kappa shape index (κ3) is 6.76. The maximum absolute atomic E-state index is 11.5. The summed E-state index contributed by atoms with van der Waals surface area (Å²) in [6.07, 6.45) is 0. The van der Waals surface area contributed by atoms with Gasteiger partial charge in [-0.2, -0.15) is 0 Å². The van der Waals surface area contributed by atoms with Gasteiger partial charge in [0, 0.05) is 16.4 Å². The molecule has 31 heavy (non-hydrogen) atoms. The lowest BCUT2D eigenvalue weighted by atomic mass is 9.84. The molecule has 0 saturated heterocycles. The van der Waals surface area contributed by atoms with Gasteiger partial charge in [0.25, 0.3) is 0 Å². The summed E-state index contributed by atoms with van der Waals surface area (Å²) >= 11 is 3.54. The first-order valence-electron chi connectivity index (χ1n) is 10.3. The zero-order valence-corrected chi connectivity index (χ0v) is 19.5. The van der Waals surface area contributed by atoms with Gasteiger partial charge in [0.15, 0.2) is 0 Å².